The Balaban J connectivity index is 2.04. The third kappa shape index (κ3) is 2.74. The number of nitrogens with zero attached hydrogens (tertiary/aromatic N) is 2. The Hall–Kier alpha value is -1.73. The van der Waals surface area contributed by atoms with Crippen LogP contribution in [0.3, 0.4) is 0 Å². The number of anilines is 1. The van der Waals surface area contributed by atoms with Crippen LogP contribution in [0.15, 0.2) is 18.2 Å². The number of rotatable bonds is 2. The molecular weight excluding hydrogens is 250 g/mol. The molecule has 0 saturated carbocycles. The topological polar surface area (TPSA) is 56.1 Å². The van der Waals surface area contributed by atoms with Gasteiger partial charge in [0.05, 0.1) is 10.6 Å². The highest BCUT2D eigenvalue weighted by atomic mass is 35.5. The Labute approximate surface area is 111 Å². The van der Waals surface area contributed by atoms with Crippen molar-refractivity contribution in [2.45, 2.75) is 18.9 Å². The minimum Gasteiger partial charge on any atom is -0.380 e. The van der Waals surface area contributed by atoms with E-state index in [0.717, 1.165) is 12.1 Å². The summed E-state index contributed by atoms with van der Waals surface area (Å²) in [6.45, 7) is 0.691. The molecule has 1 unspecified atom stereocenters. The van der Waals surface area contributed by atoms with Crippen LogP contribution in [-0.4, -0.2) is 30.4 Å². The van der Waals surface area contributed by atoms with Crippen LogP contribution in [0.25, 0.3) is 0 Å². The van der Waals surface area contributed by atoms with Crippen molar-refractivity contribution < 1.29 is 4.79 Å². The summed E-state index contributed by atoms with van der Waals surface area (Å²) in [5, 5.41) is 12.6. The Morgan fingerprint density at radius 2 is 2.33 bits per heavy atom. The van der Waals surface area contributed by atoms with Crippen molar-refractivity contribution in [3.05, 3.63) is 28.8 Å². The van der Waals surface area contributed by atoms with Crippen LogP contribution in [0, 0.1) is 11.3 Å². The third-order valence-corrected chi connectivity index (χ3v) is 3.40. The molecule has 1 heterocycles. The number of hydrogen-bond donors (Lipinski definition) is 1. The number of likely N-dealkylation sites (tertiary alicyclic amines) is 1. The average molecular weight is 264 g/mol. The zero-order chi connectivity index (χ0) is 13.1. The lowest BCUT2D eigenvalue weighted by Gasteiger charge is -2.30. The molecule has 1 aliphatic heterocycles. The number of benzene rings is 1. The van der Waals surface area contributed by atoms with Crippen LogP contribution in [0.5, 0.6) is 0 Å². The van der Waals surface area contributed by atoms with Gasteiger partial charge >= 0.3 is 0 Å². The average Bonchev–Trinajstić information content (AvgIpc) is 2.34. The molecule has 2 rings (SSSR count). The van der Waals surface area contributed by atoms with E-state index in [-0.39, 0.29) is 11.9 Å². The summed E-state index contributed by atoms with van der Waals surface area (Å²) in [5.41, 5.74) is 1.35. The van der Waals surface area contributed by atoms with Crippen LogP contribution in [0.2, 0.25) is 5.02 Å². The largest absolute Gasteiger partial charge is 0.380 e. The molecule has 94 valence electrons. The van der Waals surface area contributed by atoms with Gasteiger partial charge in [0, 0.05) is 31.7 Å². The first-order valence-electron chi connectivity index (χ1n) is 5.80. The second kappa shape index (κ2) is 5.28. The lowest BCUT2D eigenvalue weighted by atomic mass is 10.1. The van der Waals surface area contributed by atoms with Crippen LogP contribution in [0.1, 0.15) is 18.4 Å². The first kappa shape index (κ1) is 12.7. The number of hydrogen-bond acceptors (Lipinski definition) is 3. The normalized spacial score (nSPS) is 19.5. The Morgan fingerprint density at radius 1 is 1.56 bits per heavy atom. The highest BCUT2D eigenvalue weighted by Gasteiger charge is 2.22. The Bertz CT molecular complexity index is 509. The number of likely N-dealkylation sites (N-methyl/N-ethyl adjacent to an activating group) is 1. The molecule has 1 aromatic carbocycles. The highest BCUT2D eigenvalue weighted by Crippen LogP contribution is 2.22. The van der Waals surface area contributed by atoms with Crippen LogP contribution >= 0.6 is 11.6 Å². The fourth-order valence-electron chi connectivity index (χ4n) is 2.06. The molecule has 0 bridgehead atoms. The molecule has 4 nitrogen and oxygen atoms in total. The summed E-state index contributed by atoms with van der Waals surface area (Å²) in [7, 11) is 1.81. The van der Waals surface area contributed by atoms with Gasteiger partial charge in [0.2, 0.25) is 5.91 Å². The fourth-order valence-corrected chi connectivity index (χ4v) is 2.28. The van der Waals surface area contributed by atoms with Gasteiger partial charge in [0.15, 0.2) is 0 Å². The molecule has 1 amide bonds. The maximum absolute atomic E-state index is 11.4. The maximum atomic E-state index is 11.4. The van der Waals surface area contributed by atoms with E-state index in [4.69, 9.17) is 16.9 Å². The van der Waals surface area contributed by atoms with Crippen molar-refractivity contribution in [2.24, 2.45) is 0 Å². The zero-order valence-corrected chi connectivity index (χ0v) is 10.9. The van der Waals surface area contributed by atoms with Crippen molar-refractivity contribution >= 4 is 23.2 Å². The molecule has 1 aromatic rings. The van der Waals surface area contributed by atoms with Crippen LogP contribution in [-0.2, 0) is 4.79 Å². The van der Waals surface area contributed by atoms with Crippen molar-refractivity contribution in [1.29, 1.82) is 5.26 Å². The Kier molecular flexibility index (Phi) is 3.73. The summed E-state index contributed by atoms with van der Waals surface area (Å²) in [4.78, 5) is 13.1. The van der Waals surface area contributed by atoms with Gasteiger partial charge in [-0.1, -0.05) is 11.6 Å². The van der Waals surface area contributed by atoms with E-state index in [0.29, 0.717) is 23.6 Å². The number of nitrogens with one attached hydrogen (secondary N) is 1. The third-order valence-electron chi connectivity index (χ3n) is 3.09. The second-order valence-electron chi connectivity index (χ2n) is 4.46. The Morgan fingerprint density at radius 3 is 2.94 bits per heavy atom. The highest BCUT2D eigenvalue weighted by molar-refractivity contribution is 6.32. The molecule has 1 saturated heterocycles. The first-order chi connectivity index (χ1) is 8.60. The van der Waals surface area contributed by atoms with E-state index < -0.39 is 0 Å². The predicted octanol–water partition coefficient (Wildman–Crippen LogP) is 2.24. The lowest BCUT2D eigenvalue weighted by Crippen LogP contribution is -2.43. The van der Waals surface area contributed by atoms with Gasteiger partial charge in [-0.2, -0.15) is 5.26 Å². The van der Waals surface area contributed by atoms with Gasteiger partial charge in [-0.3, -0.25) is 4.79 Å². The zero-order valence-electron chi connectivity index (χ0n) is 10.1. The van der Waals surface area contributed by atoms with Gasteiger partial charge in [-0.25, -0.2) is 0 Å². The summed E-state index contributed by atoms with van der Waals surface area (Å²) >= 11 is 5.97. The molecular formula is C13H14ClN3O. The number of halogens is 1. The van der Waals surface area contributed by atoms with Crippen LogP contribution in [0.4, 0.5) is 5.69 Å². The minimum absolute atomic E-state index is 0.186. The van der Waals surface area contributed by atoms with Crippen molar-refractivity contribution in [2.75, 3.05) is 18.9 Å². The summed E-state index contributed by atoms with van der Waals surface area (Å²) < 4.78 is 0. The van der Waals surface area contributed by atoms with Gasteiger partial charge in [0.1, 0.15) is 6.07 Å². The molecule has 1 N–H and O–H groups in total. The maximum Gasteiger partial charge on any atom is 0.222 e. The summed E-state index contributed by atoms with van der Waals surface area (Å²) in [6.07, 6.45) is 1.39. The van der Waals surface area contributed by atoms with Gasteiger partial charge < -0.3 is 10.2 Å². The number of carbonyl (C=O) groups is 1. The van der Waals surface area contributed by atoms with Crippen LogP contribution < -0.4 is 5.32 Å². The quantitative estimate of drug-likeness (QED) is 0.890. The molecule has 1 fully saturated rings. The SMILES string of the molecule is CN1CC(Nc2ccc(C#N)c(Cl)c2)CCC1=O. The molecule has 0 spiro atoms. The lowest BCUT2D eigenvalue weighted by molar-refractivity contribution is -0.132. The molecule has 0 aromatic heterocycles. The molecule has 18 heavy (non-hydrogen) atoms. The number of piperidine rings is 1. The van der Waals surface area contributed by atoms with E-state index >= 15 is 0 Å². The number of amides is 1. The van der Waals surface area contributed by atoms with E-state index in [1.54, 1.807) is 17.0 Å². The fraction of sp³-hybridized carbons (Fsp3) is 0.385. The molecule has 1 aliphatic rings. The number of nitriles is 1. The van der Waals surface area contributed by atoms with E-state index in [1.807, 2.05) is 19.2 Å². The molecule has 0 aliphatic carbocycles. The first-order valence-corrected chi connectivity index (χ1v) is 6.18. The standard InChI is InChI=1S/C13H14ClN3O/c1-17-8-11(4-5-13(17)18)16-10-3-2-9(7-15)12(14)6-10/h2-3,6,11,16H,4-5,8H2,1H3. The number of carbonyl (C=O) groups excluding carboxylic acids is 1. The smallest absolute Gasteiger partial charge is 0.222 e. The van der Waals surface area contributed by atoms with Crippen molar-refractivity contribution in [3.63, 3.8) is 0 Å². The molecule has 0 radical (unpaired) electrons. The van der Waals surface area contributed by atoms with E-state index in [2.05, 4.69) is 5.32 Å². The molecule has 1 atom stereocenters. The van der Waals surface area contributed by atoms with Crippen molar-refractivity contribution in [3.8, 4) is 6.07 Å². The molecule has 5 heteroatoms. The minimum atomic E-state index is 0.186. The van der Waals surface area contributed by atoms with Gasteiger partial charge in [0.25, 0.3) is 0 Å². The van der Waals surface area contributed by atoms with Crippen molar-refractivity contribution in [1.82, 2.24) is 4.90 Å². The predicted molar refractivity (Wildman–Crippen MR) is 70.4 cm³/mol. The van der Waals surface area contributed by atoms with E-state index in [1.165, 1.54) is 0 Å². The summed E-state index contributed by atoms with van der Waals surface area (Å²) in [5.74, 6) is 0.186. The van der Waals surface area contributed by atoms with Gasteiger partial charge in [-0.15, -0.1) is 0 Å². The second-order valence-corrected chi connectivity index (χ2v) is 4.87. The summed E-state index contributed by atoms with van der Waals surface area (Å²) in [6, 6.07) is 7.54. The van der Waals surface area contributed by atoms with E-state index in [9.17, 15) is 4.79 Å². The monoisotopic (exact) mass is 263 g/mol. The van der Waals surface area contributed by atoms with Gasteiger partial charge in [-0.05, 0) is 24.6 Å².